The number of hydrogen-bond donors (Lipinski definition) is 2. The molecule has 0 amide bonds. The highest BCUT2D eigenvalue weighted by Gasteiger charge is 2.20. The normalized spacial score (nSPS) is 15.3. The van der Waals surface area contributed by atoms with Crippen LogP contribution in [0.25, 0.3) is 0 Å². The highest BCUT2D eigenvalue weighted by Crippen LogP contribution is 2.28. The van der Waals surface area contributed by atoms with Gasteiger partial charge >= 0.3 is 0 Å². The third-order valence-electron chi connectivity index (χ3n) is 2.57. The van der Waals surface area contributed by atoms with Crippen molar-refractivity contribution in [1.82, 2.24) is 10.6 Å². The molecule has 5 heteroatoms. The van der Waals surface area contributed by atoms with E-state index in [2.05, 4.69) is 22.5 Å². The summed E-state index contributed by atoms with van der Waals surface area (Å²) in [5.41, 5.74) is 0. The Hall–Kier alpha value is -0.0400. The molecule has 0 heterocycles. The van der Waals surface area contributed by atoms with Crippen molar-refractivity contribution in [2.24, 2.45) is 10.9 Å². The van der Waals surface area contributed by atoms with E-state index < -0.39 is 0 Å². The zero-order valence-corrected chi connectivity index (χ0v) is 13.3. The highest BCUT2D eigenvalue weighted by molar-refractivity contribution is 14.0. The number of rotatable bonds is 8. The smallest absolute Gasteiger partial charge is 0.190 e. The molecule has 102 valence electrons. The number of guanidine groups is 1. The maximum Gasteiger partial charge on any atom is 0.190 e. The summed E-state index contributed by atoms with van der Waals surface area (Å²) < 4.78 is 5.55. The van der Waals surface area contributed by atoms with Gasteiger partial charge in [0.1, 0.15) is 0 Å². The average Bonchev–Trinajstić information content (AvgIpc) is 3.11. The molecule has 1 rings (SSSR count). The molecule has 17 heavy (non-hydrogen) atoms. The first-order valence-corrected chi connectivity index (χ1v) is 6.39. The molecular formula is C12H26IN3O. The summed E-state index contributed by atoms with van der Waals surface area (Å²) in [5.74, 6) is 1.76. The van der Waals surface area contributed by atoms with Crippen molar-refractivity contribution in [3.8, 4) is 0 Å². The third kappa shape index (κ3) is 9.64. The van der Waals surface area contributed by atoms with Gasteiger partial charge in [-0.05, 0) is 31.6 Å². The molecule has 4 nitrogen and oxygen atoms in total. The Balaban J connectivity index is 0.00000256. The van der Waals surface area contributed by atoms with E-state index in [1.54, 1.807) is 7.05 Å². The lowest BCUT2D eigenvalue weighted by Crippen LogP contribution is -2.38. The van der Waals surface area contributed by atoms with Crippen molar-refractivity contribution in [2.75, 3.05) is 33.4 Å². The minimum absolute atomic E-state index is 0. The van der Waals surface area contributed by atoms with Crippen LogP contribution >= 0.6 is 24.0 Å². The van der Waals surface area contributed by atoms with E-state index in [4.69, 9.17) is 4.74 Å². The molecule has 0 atom stereocenters. The molecule has 0 unspecified atom stereocenters. The molecule has 0 saturated heterocycles. The predicted molar refractivity (Wildman–Crippen MR) is 83.2 cm³/mol. The fraction of sp³-hybridized carbons (Fsp3) is 0.917. The lowest BCUT2D eigenvalue weighted by Gasteiger charge is -2.10. The fourth-order valence-electron chi connectivity index (χ4n) is 1.38. The Morgan fingerprint density at radius 1 is 1.29 bits per heavy atom. The van der Waals surface area contributed by atoms with E-state index in [-0.39, 0.29) is 24.0 Å². The Labute approximate surface area is 122 Å². The molecule has 0 radical (unpaired) electrons. The largest absolute Gasteiger partial charge is 0.381 e. The van der Waals surface area contributed by atoms with Crippen LogP contribution in [0, 0.1) is 5.92 Å². The first-order valence-electron chi connectivity index (χ1n) is 6.39. The van der Waals surface area contributed by atoms with Crippen LogP contribution in [-0.4, -0.2) is 39.3 Å². The molecule has 1 aliphatic carbocycles. The van der Waals surface area contributed by atoms with E-state index in [1.165, 1.54) is 12.8 Å². The molecular weight excluding hydrogens is 329 g/mol. The number of hydrogen-bond acceptors (Lipinski definition) is 2. The standard InChI is InChI=1S/C12H25N3O.HI/c1-3-7-14-12(13-2)15-8-4-9-16-10-11-5-6-11;/h11H,3-10H2,1-2H3,(H2,13,14,15);1H. The van der Waals surface area contributed by atoms with Crippen molar-refractivity contribution in [2.45, 2.75) is 32.6 Å². The quantitative estimate of drug-likeness (QED) is 0.303. The Morgan fingerprint density at radius 3 is 2.59 bits per heavy atom. The van der Waals surface area contributed by atoms with Gasteiger partial charge in [-0.15, -0.1) is 24.0 Å². The van der Waals surface area contributed by atoms with Gasteiger partial charge in [-0.3, -0.25) is 4.99 Å². The topological polar surface area (TPSA) is 45.7 Å². The van der Waals surface area contributed by atoms with Gasteiger partial charge in [0.25, 0.3) is 0 Å². The Morgan fingerprint density at radius 2 is 2.00 bits per heavy atom. The van der Waals surface area contributed by atoms with Gasteiger partial charge in [0, 0.05) is 33.4 Å². The Bertz CT molecular complexity index is 208. The summed E-state index contributed by atoms with van der Waals surface area (Å²) in [7, 11) is 1.80. The van der Waals surface area contributed by atoms with Crippen LogP contribution in [0.1, 0.15) is 32.6 Å². The number of halogens is 1. The van der Waals surface area contributed by atoms with E-state index in [0.29, 0.717) is 0 Å². The summed E-state index contributed by atoms with van der Waals surface area (Å²) in [4.78, 5) is 4.14. The lowest BCUT2D eigenvalue weighted by atomic mass is 10.4. The van der Waals surface area contributed by atoms with Crippen LogP contribution in [0.15, 0.2) is 4.99 Å². The molecule has 0 aromatic rings. The minimum atomic E-state index is 0. The van der Waals surface area contributed by atoms with Crippen LogP contribution < -0.4 is 10.6 Å². The van der Waals surface area contributed by atoms with Gasteiger partial charge in [0.05, 0.1) is 0 Å². The van der Waals surface area contributed by atoms with Crippen LogP contribution in [0.2, 0.25) is 0 Å². The molecule has 1 fully saturated rings. The van der Waals surface area contributed by atoms with Gasteiger partial charge in [0.15, 0.2) is 5.96 Å². The molecule has 1 saturated carbocycles. The number of ether oxygens (including phenoxy) is 1. The van der Waals surface area contributed by atoms with E-state index in [9.17, 15) is 0 Å². The van der Waals surface area contributed by atoms with E-state index in [0.717, 1.165) is 51.0 Å². The molecule has 0 aliphatic heterocycles. The maximum atomic E-state index is 5.55. The van der Waals surface area contributed by atoms with Crippen LogP contribution in [0.3, 0.4) is 0 Å². The number of nitrogens with one attached hydrogen (secondary N) is 2. The maximum absolute atomic E-state index is 5.55. The molecule has 0 aromatic heterocycles. The SMILES string of the molecule is CCCNC(=NC)NCCCOCC1CC1.I. The van der Waals surface area contributed by atoms with Gasteiger partial charge < -0.3 is 15.4 Å². The lowest BCUT2D eigenvalue weighted by molar-refractivity contribution is 0.123. The van der Waals surface area contributed by atoms with E-state index >= 15 is 0 Å². The fourth-order valence-corrected chi connectivity index (χ4v) is 1.38. The zero-order valence-electron chi connectivity index (χ0n) is 11.0. The summed E-state index contributed by atoms with van der Waals surface area (Å²) in [6, 6.07) is 0. The van der Waals surface area contributed by atoms with Crippen molar-refractivity contribution in [3.05, 3.63) is 0 Å². The highest BCUT2D eigenvalue weighted by atomic mass is 127. The summed E-state index contributed by atoms with van der Waals surface area (Å²) in [6.07, 6.45) is 4.89. The zero-order chi connectivity index (χ0) is 11.6. The first kappa shape index (κ1) is 17.0. The van der Waals surface area contributed by atoms with Crippen molar-refractivity contribution in [1.29, 1.82) is 0 Å². The first-order chi connectivity index (χ1) is 7.86. The van der Waals surface area contributed by atoms with Crippen molar-refractivity contribution < 1.29 is 4.74 Å². The van der Waals surface area contributed by atoms with Gasteiger partial charge in [-0.1, -0.05) is 6.92 Å². The third-order valence-corrected chi connectivity index (χ3v) is 2.57. The van der Waals surface area contributed by atoms with Gasteiger partial charge in [-0.2, -0.15) is 0 Å². The summed E-state index contributed by atoms with van der Waals surface area (Å²) in [6.45, 7) is 5.86. The second-order valence-electron chi connectivity index (χ2n) is 4.30. The van der Waals surface area contributed by atoms with Crippen LogP contribution in [-0.2, 0) is 4.74 Å². The molecule has 2 N–H and O–H groups in total. The monoisotopic (exact) mass is 355 g/mol. The second kappa shape index (κ2) is 11.1. The van der Waals surface area contributed by atoms with Crippen molar-refractivity contribution in [3.63, 3.8) is 0 Å². The predicted octanol–water partition coefficient (Wildman–Crippen LogP) is 2.00. The molecule has 1 aliphatic rings. The van der Waals surface area contributed by atoms with Gasteiger partial charge in [0.2, 0.25) is 0 Å². The number of nitrogens with zero attached hydrogens (tertiary/aromatic N) is 1. The average molecular weight is 355 g/mol. The summed E-state index contributed by atoms with van der Waals surface area (Å²) in [5, 5.41) is 6.50. The molecule has 0 bridgehead atoms. The molecule has 0 aromatic carbocycles. The second-order valence-corrected chi connectivity index (χ2v) is 4.30. The van der Waals surface area contributed by atoms with Crippen molar-refractivity contribution >= 4 is 29.9 Å². The summed E-state index contributed by atoms with van der Waals surface area (Å²) >= 11 is 0. The molecule has 0 spiro atoms. The minimum Gasteiger partial charge on any atom is -0.381 e. The van der Waals surface area contributed by atoms with Crippen LogP contribution in [0.5, 0.6) is 0 Å². The Kier molecular flexibility index (Phi) is 11.0. The van der Waals surface area contributed by atoms with E-state index in [1.807, 2.05) is 0 Å². The van der Waals surface area contributed by atoms with Gasteiger partial charge in [-0.25, -0.2) is 0 Å². The number of aliphatic imine (C=N–C) groups is 1. The van der Waals surface area contributed by atoms with Crippen LogP contribution in [0.4, 0.5) is 0 Å².